The number of aromatic nitrogens is 2. The maximum atomic E-state index is 10.2. The molecule has 0 aliphatic rings. The van der Waals surface area contributed by atoms with Crippen LogP contribution in [0.5, 0.6) is 0 Å². The van der Waals surface area contributed by atoms with Crippen LogP contribution in [0.4, 0.5) is 0 Å². The molecule has 0 amide bonds. The van der Waals surface area contributed by atoms with E-state index in [-0.39, 0.29) is 5.92 Å². The largest absolute Gasteiger partial charge is 0.384 e. The minimum atomic E-state index is -0.796. The lowest BCUT2D eigenvalue weighted by molar-refractivity contribution is 0.00216. The third-order valence-corrected chi connectivity index (χ3v) is 2.86. The number of aliphatic hydroxyl groups is 1. The summed E-state index contributed by atoms with van der Waals surface area (Å²) in [5, 5.41) is 10.2. The molecule has 0 aliphatic heterocycles. The molecule has 74 valence electrons. The Morgan fingerprint density at radius 2 is 2.08 bits per heavy atom. The maximum absolute atomic E-state index is 10.2. The van der Waals surface area contributed by atoms with Gasteiger partial charge in [0.1, 0.15) is 11.4 Å². The summed E-state index contributed by atoms with van der Waals surface area (Å²) in [6.45, 7) is 7.76. The Morgan fingerprint density at radius 3 is 2.38 bits per heavy atom. The molecule has 1 N–H and O–H groups in total. The van der Waals surface area contributed by atoms with Crippen LogP contribution in [0.25, 0.3) is 0 Å². The highest BCUT2D eigenvalue weighted by Crippen LogP contribution is 2.28. The predicted octanol–water partition coefficient (Wildman–Crippen LogP) is 1.59. The third kappa shape index (κ3) is 1.61. The van der Waals surface area contributed by atoms with Gasteiger partial charge in [-0.25, -0.2) is 4.98 Å². The number of imidazole rings is 1. The van der Waals surface area contributed by atoms with Crippen molar-refractivity contribution in [2.45, 2.75) is 33.3 Å². The summed E-state index contributed by atoms with van der Waals surface area (Å²) in [5.74, 6) is 1.11. The van der Waals surface area contributed by atoms with Gasteiger partial charge in [0.2, 0.25) is 0 Å². The number of rotatable bonds is 2. The summed E-state index contributed by atoms with van der Waals surface area (Å²) in [4.78, 5) is 4.17. The zero-order chi connectivity index (χ0) is 10.2. The second-order valence-electron chi connectivity index (χ2n) is 4.05. The SMILES string of the molecule is Cc1ncc(C(C)(O)C(C)C)n1C. The predicted molar refractivity (Wildman–Crippen MR) is 52.4 cm³/mol. The van der Waals surface area contributed by atoms with Crippen LogP contribution >= 0.6 is 0 Å². The molecule has 0 fully saturated rings. The number of hydrogen-bond acceptors (Lipinski definition) is 2. The molecule has 0 saturated heterocycles. The number of nitrogens with zero attached hydrogens (tertiary/aromatic N) is 2. The quantitative estimate of drug-likeness (QED) is 0.754. The molecule has 1 unspecified atom stereocenters. The van der Waals surface area contributed by atoms with Crippen LogP contribution in [0.1, 0.15) is 32.3 Å². The average molecular weight is 182 g/mol. The van der Waals surface area contributed by atoms with Crippen molar-refractivity contribution in [2.24, 2.45) is 13.0 Å². The first-order valence-electron chi connectivity index (χ1n) is 4.58. The topological polar surface area (TPSA) is 38.1 Å². The van der Waals surface area contributed by atoms with Gasteiger partial charge in [-0.15, -0.1) is 0 Å². The molecule has 3 heteroatoms. The molecule has 1 atom stereocenters. The van der Waals surface area contributed by atoms with Gasteiger partial charge in [-0.05, 0) is 19.8 Å². The summed E-state index contributed by atoms with van der Waals surface area (Å²) in [7, 11) is 1.93. The molecule has 0 aliphatic carbocycles. The molecule has 0 spiro atoms. The summed E-state index contributed by atoms with van der Waals surface area (Å²) in [6, 6.07) is 0. The summed E-state index contributed by atoms with van der Waals surface area (Å²) in [5.41, 5.74) is 0.0794. The summed E-state index contributed by atoms with van der Waals surface area (Å²) < 4.78 is 1.93. The maximum Gasteiger partial charge on any atom is 0.106 e. The van der Waals surface area contributed by atoms with Crippen LogP contribution < -0.4 is 0 Å². The first kappa shape index (κ1) is 10.3. The molecule has 1 rings (SSSR count). The van der Waals surface area contributed by atoms with Gasteiger partial charge in [0.15, 0.2) is 0 Å². The minimum absolute atomic E-state index is 0.183. The Bertz CT molecular complexity index is 300. The van der Waals surface area contributed by atoms with E-state index in [1.54, 1.807) is 6.20 Å². The fraction of sp³-hybridized carbons (Fsp3) is 0.700. The van der Waals surface area contributed by atoms with Crippen LogP contribution in [0, 0.1) is 12.8 Å². The van der Waals surface area contributed by atoms with Crippen molar-refractivity contribution in [3.8, 4) is 0 Å². The van der Waals surface area contributed by atoms with E-state index < -0.39 is 5.60 Å². The molecular weight excluding hydrogens is 164 g/mol. The van der Waals surface area contributed by atoms with Crippen molar-refractivity contribution in [2.75, 3.05) is 0 Å². The lowest BCUT2D eigenvalue weighted by Gasteiger charge is -2.27. The third-order valence-electron chi connectivity index (χ3n) is 2.86. The van der Waals surface area contributed by atoms with E-state index >= 15 is 0 Å². The highest BCUT2D eigenvalue weighted by Gasteiger charge is 2.30. The molecule has 1 heterocycles. The van der Waals surface area contributed by atoms with E-state index in [2.05, 4.69) is 4.98 Å². The standard InChI is InChI=1S/C10H18N2O/c1-7(2)10(4,13)9-6-11-8(3)12(9)5/h6-7,13H,1-5H3. The molecule has 0 aromatic carbocycles. The van der Waals surface area contributed by atoms with Crippen molar-refractivity contribution in [1.82, 2.24) is 9.55 Å². The normalized spacial score (nSPS) is 16.2. The second-order valence-corrected chi connectivity index (χ2v) is 4.05. The van der Waals surface area contributed by atoms with Gasteiger partial charge in [-0.3, -0.25) is 0 Å². The molecule has 0 saturated carbocycles. The molecule has 0 bridgehead atoms. The fourth-order valence-electron chi connectivity index (χ4n) is 1.27. The van der Waals surface area contributed by atoms with E-state index in [4.69, 9.17) is 0 Å². The smallest absolute Gasteiger partial charge is 0.106 e. The van der Waals surface area contributed by atoms with Crippen molar-refractivity contribution in [3.63, 3.8) is 0 Å². The summed E-state index contributed by atoms with van der Waals surface area (Å²) in [6.07, 6.45) is 1.75. The van der Waals surface area contributed by atoms with Crippen LogP contribution in [0.2, 0.25) is 0 Å². The number of hydrogen-bond donors (Lipinski definition) is 1. The zero-order valence-corrected chi connectivity index (χ0v) is 9.00. The summed E-state index contributed by atoms with van der Waals surface area (Å²) >= 11 is 0. The van der Waals surface area contributed by atoms with Gasteiger partial charge < -0.3 is 9.67 Å². The van der Waals surface area contributed by atoms with Gasteiger partial charge >= 0.3 is 0 Å². The molecule has 0 radical (unpaired) electrons. The van der Waals surface area contributed by atoms with E-state index in [9.17, 15) is 5.11 Å². The van der Waals surface area contributed by atoms with Crippen molar-refractivity contribution in [1.29, 1.82) is 0 Å². The van der Waals surface area contributed by atoms with Crippen LogP contribution in [-0.4, -0.2) is 14.7 Å². The van der Waals surface area contributed by atoms with Crippen LogP contribution in [0.15, 0.2) is 6.20 Å². The Balaban J connectivity index is 3.14. The Hall–Kier alpha value is -0.830. The van der Waals surface area contributed by atoms with Crippen molar-refractivity contribution < 1.29 is 5.11 Å². The Labute approximate surface area is 79.4 Å². The molecule has 3 nitrogen and oxygen atoms in total. The van der Waals surface area contributed by atoms with Gasteiger partial charge in [-0.2, -0.15) is 0 Å². The molecular formula is C10H18N2O. The van der Waals surface area contributed by atoms with Gasteiger partial charge in [0, 0.05) is 7.05 Å². The fourth-order valence-corrected chi connectivity index (χ4v) is 1.27. The minimum Gasteiger partial charge on any atom is -0.384 e. The first-order chi connectivity index (χ1) is 5.87. The Kier molecular flexibility index (Phi) is 2.48. The van der Waals surface area contributed by atoms with Crippen LogP contribution in [-0.2, 0) is 12.6 Å². The number of aryl methyl sites for hydroxylation is 1. The molecule has 1 aromatic rings. The highest BCUT2D eigenvalue weighted by atomic mass is 16.3. The van der Waals surface area contributed by atoms with E-state index in [0.717, 1.165) is 11.5 Å². The first-order valence-corrected chi connectivity index (χ1v) is 4.58. The van der Waals surface area contributed by atoms with Crippen LogP contribution in [0.3, 0.4) is 0 Å². The molecule has 13 heavy (non-hydrogen) atoms. The average Bonchev–Trinajstić information content (AvgIpc) is 2.33. The van der Waals surface area contributed by atoms with E-state index in [0.29, 0.717) is 0 Å². The van der Waals surface area contributed by atoms with Gasteiger partial charge in [-0.1, -0.05) is 13.8 Å². The van der Waals surface area contributed by atoms with E-state index in [1.165, 1.54) is 0 Å². The van der Waals surface area contributed by atoms with Gasteiger partial charge in [0.25, 0.3) is 0 Å². The van der Waals surface area contributed by atoms with Crippen molar-refractivity contribution in [3.05, 3.63) is 17.7 Å². The van der Waals surface area contributed by atoms with Gasteiger partial charge in [0.05, 0.1) is 11.9 Å². The zero-order valence-electron chi connectivity index (χ0n) is 9.00. The highest BCUT2D eigenvalue weighted by molar-refractivity contribution is 5.13. The lowest BCUT2D eigenvalue weighted by Crippen LogP contribution is -2.30. The lowest BCUT2D eigenvalue weighted by atomic mass is 9.89. The molecule has 1 aromatic heterocycles. The van der Waals surface area contributed by atoms with Crippen molar-refractivity contribution >= 4 is 0 Å². The van der Waals surface area contributed by atoms with E-state index in [1.807, 2.05) is 39.3 Å². The monoisotopic (exact) mass is 182 g/mol. The second kappa shape index (κ2) is 3.14. The Morgan fingerprint density at radius 1 is 1.54 bits per heavy atom.